The van der Waals surface area contributed by atoms with Crippen molar-refractivity contribution >= 4 is 28.9 Å². The summed E-state index contributed by atoms with van der Waals surface area (Å²) in [7, 11) is 0. The number of hydrogen-bond donors (Lipinski definition) is 2. The van der Waals surface area contributed by atoms with Crippen molar-refractivity contribution in [2.45, 2.75) is 31.8 Å². The molecule has 12 heteroatoms. The molecule has 33 heavy (non-hydrogen) atoms. The van der Waals surface area contributed by atoms with Crippen LogP contribution in [-0.2, 0) is 0 Å². The maximum atomic E-state index is 13.1. The fraction of sp³-hybridized carbons (Fsp3) is 0.286. The summed E-state index contributed by atoms with van der Waals surface area (Å²) in [5.41, 5.74) is 6.51. The van der Waals surface area contributed by atoms with Gasteiger partial charge in [0, 0.05) is 47.0 Å². The number of hydrazone groups is 1. The topological polar surface area (TPSA) is 160 Å². The SMILES string of the molecule is O=C(NN[C@@H]1[C@H]2CCCCC2=NN1C(=O)c1ccc([N+](=O)[O-])cc1)c1ccc([N+](=O)[O-])cc1. The first-order valence-corrected chi connectivity index (χ1v) is 10.3. The number of hydrogen-bond acceptors (Lipinski definition) is 8. The Morgan fingerprint density at radius 3 is 2.06 bits per heavy atom. The number of amides is 2. The Morgan fingerprint density at radius 2 is 1.48 bits per heavy atom. The van der Waals surface area contributed by atoms with Crippen LogP contribution in [0, 0.1) is 26.1 Å². The average Bonchev–Trinajstić information content (AvgIpc) is 3.20. The number of fused-ring (bicyclic) bond motifs is 1. The lowest BCUT2D eigenvalue weighted by Crippen LogP contribution is -2.55. The van der Waals surface area contributed by atoms with Gasteiger partial charge in [-0.15, -0.1) is 0 Å². The van der Waals surface area contributed by atoms with E-state index in [2.05, 4.69) is 16.0 Å². The highest BCUT2D eigenvalue weighted by Crippen LogP contribution is 2.32. The van der Waals surface area contributed by atoms with E-state index < -0.39 is 27.8 Å². The fourth-order valence-corrected chi connectivity index (χ4v) is 4.00. The van der Waals surface area contributed by atoms with Crippen LogP contribution in [-0.4, -0.2) is 38.5 Å². The van der Waals surface area contributed by atoms with Crippen LogP contribution in [0.4, 0.5) is 11.4 Å². The second-order valence-electron chi connectivity index (χ2n) is 7.74. The highest BCUT2D eigenvalue weighted by Gasteiger charge is 2.41. The monoisotopic (exact) mass is 452 g/mol. The number of nitro benzene ring substituents is 2. The van der Waals surface area contributed by atoms with E-state index in [-0.39, 0.29) is 28.4 Å². The van der Waals surface area contributed by atoms with Gasteiger partial charge in [-0.2, -0.15) is 5.10 Å². The van der Waals surface area contributed by atoms with Crippen LogP contribution in [0.15, 0.2) is 53.6 Å². The van der Waals surface area contributed by atoms with Gasteiger partial charge < -0.3 is 0 Å². The standard InChI is InChI=1S/C21H20N6O6/c28-20(13-5-9-15(10-6-13)26(30)31)23-22-19-17-3-1-2-4-18(17)24-25(19)21(29)14-7-11-16(12-8-14)27(32)33/h5-12,17,19,22H,1-4H2,(H,23,28)/t17-,19-/m0/s1. The Hall–Kier alpha value is -4.19. The van der Waals surface area contributed by atoms with Crippen LogP contribution in [0.1, 0.15) is 46.4 Å². The second kappa shape index (κ2) is 9.12. The zero-order chi connectivity index (χ0) is 23.5. The maximum absolute atomic E-state index is 13.1. The van der Waals surface area contributed by atoms with Crippen molar-refractivity contribution < 1.29 is 19.4 Å². The molecule has 1 aliphatic heterocycles. The third-order valence-electron chi connectivity index (χ3n) is 5.71. The number of hydrazine groups is 1. The predicted molar refractivity (Wildman–Crippen MR) is 116 cm³/mol. The molecule has 0 bridgehead atoms. The summed E-state index contributed by atoms with van der Waals surface area (Å²) >= 11 is 0. The Bertz CT molecular complexity index is 1130. The van der Waals surface area contributed by atoms with Gasteiger partial charge in [0.2, 0.25) is 0 Å². The molecule has 2 amide bonds. The highest BCUT2D eigenvalue weighted by molar-refractivity contribution is 5.99. The zero-order valence-corrected chi connectivity index (χ0v) is 17.3. The molecule has 2 aliphatic rings. The molecule has 0 spiro atoms. The highest BCUT2D eigenvalue weighted by atomic mass is 16.6. The number of non-ortho nitro benzene ring substituents is 2. The van der Waals surface area contributed by atoms with Crippen molar-refractivity contribution in [3.63, 3.8) is 0 Å². The summed E-state index contributed by atoms with van der Waals surface area (Å²) < 4.78 is 0. The van der Waals surface area contributed by atoms with Crippen LogP contribution in [0.25, 0.3) is 0 Å². The predicted octanol–water partition coefficient (Wildman–Crippen LogP) is 2.77. The molecule has 2 aromatic carbocycles. The van der Waals surface area contributed by atoms with E-state index in [1.807, 2.05) is 0 Å². The molecule has 0 radical (unpaired) electrons. The number of nitrogens with one attached hydrogen (secondary N) is 2. The van der Waals surface area contributed by atoms with Gasteiger partial charge in [-0.25, -0.2) is 10.4 Å². The maximum Gasteiger partial charge on any atom is 0.275 e. The number of benzene rings is 2. The van der Waals surface area contributed by atoms with E-state index in [4.69, 9.17) is 0 Å². The van der Waals surface area contributed by atoms with Crippen molar-refractivity contribution in [3.8, 4) is 0 Å². The quantitative estimate of drug-likeness (QED) is 0.503. The van der Waals surface area contributed by atoms with E-state index in [0.29, 0.717) is 0 Å². The van der Waals surface area contributed by atoms with E-state index in [0.717, 1.165) is 31.4 Å². The van der Waals surface area contributed by atoms with Crippen molar-refractivity contribution in [3.05, 3.63) is 79.9 Å². The van der Waals surface area contributed by atoms with E-state index in [1.54, 1.807) is 0 Å². The molecule has 1 heterocycles. The first kappa shape index (κ1) is 22.0. The summed E-state index contributed by atoms with van der Waals surface area (Å²) in [6.07, 6.45) is 2.80. The van der Waals surface area contributed by atoms with Gasteiger partial charge in [0.25, 0.3) is 23.2 Å². The molecule has 4 rings (SSSR count). The molecule has 1 saturated carbocycles. The lowest BCUT2D eigenvalue weighted by Gasteiger charge is -2.29. The molecule has 1 fully saturated rings. The normalized spacial score (nSPS) is 19.4. The van der Waals surface area contributed by atoms with Gasteiger partial charge in [-0.1, -0.05) is 6.42 Å². The summed E-state index contributed by atoms with van der Waals surface area (Å²) in [6.45, 7) is 0. The first-order chi connectivity index (χ1) is 15.8. The molecule has 2 aromatic rings. The van der Waals surface area contributed by atoms with Gasteiger partial charge in [-0.3, -0.25) is 35.2 Å². The van der Waals surface area contributed by atoms with Gasteiger partial charge in [-0.05, 0) is 43.5 Å². The third-order valence-corrected chi connectivity index (χ3v) is 5.71. The van der Waals surface area contributed by atoms with E-state index in [1.165, 1.54) is 53.5 Å². The summed E-state index contributed by atoms with van der Waals surface area (Å²) in [4.78, 5) is 46.3. The van der Waals surface area contributed by atoms with Crippen molar-refractivity contribution in [1.29, 1.82) is 0 Å². The van der Waals surface area contributed by atoms with Crippen LogP contribution in [0.3, 0.4) is 0 Å². The Balaban J connectivity index is 1.50. The fourth-order valence-electron chi connectivity index (χ4n) is 4.00. The Kier molecular flexibility index (Phi) is 6.09. The number of nitro groups is 2. The minimum Gasteiger partial charge on any atom is -0.285 e. The first-order valence-electron chi connectivity index (χ1n) is 10.3. The number of nitrogens with zero attached hydrogens (tertiary/aromatic N) is 4. The van der Waals surface area contributed by atoms with Crippen LogP contribution in [0.2, 0.25) is 0 Å². The summed E-state index contributed by atoms with van der Waals surface area (Å²) in [5.74, 6) is -1.05. The number of rotatable bonds is 6. The third kappa shape index (κ3) is 4.55. The number of carbonyl (C=O) groups is 2. The van der Waals surface area contributed by atoms with Crippen LogP contribution >= 0.6 is 0 Å². The Labute approximate surface area is 187 Å². The molecule has 0 unspecified atom stereocenters. The molecular weight excluding hydrogens is 432 g/mol. The van der Waals surface area contributed by atoms with E-state index >= 15 is 0 Å². The molecule has 0 aromatic heterocycles. The lowest BCUT2D eigenvalue weighted by molar-refractivity contribution is -0.385. The van der Waals surface area contributed by atoms with Crippen molar-refractivity contribution in [2.24, 2.45) is 11.0 Å². The van der Waals surface area contributed by atoms with Crippen molar-refractivity contribution in [1.82, 2.24) is 15.9 Å². The van der Waals surface area contributed by atoms with Gasteiger partial charge in [0.1, 0.15) is 6.17 Å². The second-order valence-corrected chi connectivity index (χ2v) is 7.74. The molecule has 1 aliphatic carbocycles. The number of carbonyl (C=O) groups excluding carboxylic acids is 2. The minimum absolute atomic E-state index is 0.0853. The summed E-state index contributed by atoms with van der Waals surface area (Å²) in [6, 6.07) is 10.4. The van der Waals surface area contributed by atoms with Gasteiger partial charge in [0.15, 0.2) is 0 Å². The molecule has 2 atom stereocenters. The Morgan fingerprint density at radius 1 is 0.909 bits per heavy atom. The van der Waals surface area contributed by atoms with Crippen molar-refractivity contribution in [2.75, 3.05) is 0 Å². The largest absolute Gasteiger partial charge is 0.285 e. The molecule has 170 valence electrons. The lowest BCUT2D eigenvalue weighted by atomic mass is 9.86. The smallest absolute Gasteiger partial charge is 0.275 e. The molecule has 2 N–H and O–H groups in total. The van der Waals surface area contributed by atoms with Crippen LogP contribution < -0.4 is 10.9 Å². The molecular formula is C21H20N6O6. The van der Waals surface area contributed by atoms with Crippen LogP contribution in [0.5, 0.6) is 0 Å². The van der Waals surface area contributed by atoms with Gasteiger partial charge >= 0.3 is 0 Å². The molecule has 12 nitrogen and oxygen atoms in total. The zero-order valence-electron chi connectivity index (χ0n) is 17.3. The average molecular weight is 452 g/mol. The van der Waals surface area contributed by atoms with Gasteiger partial charge in [0.05, 0.1) is 9.85 Å². The summed E-state index contributed by atoms with van der Waals surface area (Å²) in [5, 5.41) is 27.4. The van der Waals surface area contributed by atoms with E-state index in [9.17, 15) is 29.8 Å². The molecule has 0 saturated heterocycles. The minimum atomic E-state index is -0.634.